The van der Waals surface area contributed by atoms with E-state index >= 15 is 0 Å². The smallest absolute Gasteiger partial charge is 0.258 e. The summed E-state index contributed by atoms with van der Waals surface area (Å²) in [6.07, 6.45) is 1.75. The first kappa shape index (κ1) is 19.7. The summed E-state index contributed by atoms with van der Waals surface area (Å²) in [5.41, 5.74) is 2.09. The Labute approximate surface area is 165 Å². The third kappa shape index (κ3) is 5.22. The number of carbonyl (C=O) groups excluding carboxylic acids is 2. The summed E-state index contributed by atoms with van der Waals surface area (Å²) in [5.74, 6) is 1.44. The predicted octanol–water partition coefficient (Wildman–Crippen LogP) is 1.75. The zero-order valence-corrected chi connectivity index (χ0v) is 16.4. The van der Waals surface area contributed by atoms with Gasteiger partial charge in [0, 0.05) is 51.4 Å². The molecule has 0 spiro atoms. The minimum Gasteiger partial charge on any atom is -0.484 e. The normalized spacial score (nSPS) is 13.9. The lowest BCUT2D eigenvalue weighted by Crippen LogP contribution is -2.48. The fraction of sp³-hybridized carbons (Fsp3) is 0.381. The molecule has 0 radical (unpaired) electrons. The van der Waals surface area contributed by atoms with Crippen LogP contribution in [0, 0.1) is 6.92 Å². The maximum Gasteiger partial charge on any atom is 0.258 e. The van der Waals surface area contributed by atoms with E-state index in [9.17, 15) is 9.59 Å². The lowest BCUT2D eigenvalue weighted by molar-refractivity contribution is -0.129. The number of aryl methyl sites for hydroxylation is 1. The van der Waals surface area contributed by atoms with Crippen LogP contribution < -0.4 is 15.0 Å². The molecule has 1 fully saturated rings. The number of benzene rings is 1. The molecule has 0 saturated carbocycles. The highest BCUT2D eigenvalue weighted by atomic mass is 16.5. The zero-order chi connectivity index (χ0) is 19.9. The summed E-state index contributed by atoms with van der Waals surface area (Å²) in [5, 5.41) is 2.89. The molecule has 2 amide bonds. The van der Waals surface area contributed by atoms with E-state index in [4.69, 9.17) is 4.74 Å². The van der Waals surface area contributed by atoms with Crippen LogP contribution in [0.25, 0.3) is 0 Å². The average Bonchev–Trinajstić information content (AvgIpc) is 2.72. The number of piperazine rings is 1. The van der Waals surface area contributed by atoms with Crippen molar-refractivity contribution in [1.82, 2.24) is 15.2 Å². The van der Waals surface area contributed by atoms with Gasteiger partial charge in [0.15, 0.2) is 6.61 Å². The van der Waals surface area contributed by atoms with Gasteiger partial charge in [0.25, 0.3) is 5.91 Å². The molecule has 0 bridgehead atoms. The van der Waals surface area contributed by atoms with E-state index in [1.165, 1.54) is 0 Å². The number of pyridine rings is 1. The minimum absolute atomic E-state index is 0.0318. The third-order valence-electron chi connectivity index (χ3n) is 4.76. The molecule has 1 saturated heterocycles. The first-order chi connectivity index (χ1) is 13.5. The van der Waals surface area contributed by atoms with Crippen molar-refractivity contribution in [1.29, 1.82) is 0 Å². The highest BCUT2D eigenvalue weighted by Crippen LogP contribution is 2.19. The fourth-order valence-corrected chi connectivity index (χ4v) is 3.11. The molecule has 0 unspecified atom stereocenters. The number of hydrogen-bond donors (Lipinski definition) is 1. The van der Waals surface area contributed by atoms with Crippen LogP contribution in [-0.4, -0.2) is 54.5 Å². The molecule has 0 atom stereocenters. The highest BCUT2D eigenvalue weighted by molar-refractivity contribution is 5.77. The Morgan fingerprint density at radius 3 is 2.50 bits per heavy atom. The molecule has 1 aromatic carbocycles. The van der Waals surface area contributed by atoms with Crippen LogP contribution in [0.2, 0.25) is 0 Å². The number of rotatable bonds is 6. The van der Waals surface area contributed by atoms with Crippen molar-refractivity contribution >= 4 is 17.6 Å². The minimum atomic E-state index is -0.184. The van der Waals surface area contributed by atoms with Crippen molar-refractivity contribution < 1.29 is 14.3 Å². The van der Waals surface area contributed by atoms with Gasteiger partial charge in [-0.15, -0.1) is 0 Å². The Bertz CT molecular complexity index is 815. The average molecular weight is 382 g/mol. The number of hydrogen-bond acceptors (Lipinski definition) is 5. The number of carbonyl (C=O) groups is 2. The summed E-state index contributed by atoms with van der Waals surface area (Å²) in [6.45, 7) is 6.77. The standard InChI is InChI=1S/C21H26N4O3/c1-16-5-7-19(8-6-16)28-15-20(27)23-14-18-4-3-9-22-21(18)25-12-10-24(11-13-25)17(2)26/h3-9H,10-15H2,1-2H3,(H,23,27). The predicted molar refractivity (Wildman–Crippen MR) is 107 cm³/mol. The third-order valence-corrected chi connectivity index (χ3v) is 4.76. The van der Waals surface area contributed by atoms with E-state index < -0.39 is 0 Å². The number of amides is 2. The maximum absolute atomic E-state index is 12.1. The van der Waals surface area contributed by atoms with E-state index in [-0.39, 0.29) is 18.4 Å². The Morgan fingerprint density at radius 1 is 1.11 bits per heavy atom. The molecule has 28 heavy (non-hydrogen) atoms. The van der Waals surface area contributed by atoms with Crippen molar-refractivity contribution in [2.75, 3.05) is 37.7 Å². The Hall–Kier alpha value is -3.09. The van der Waals surface area contributed by atoms with Crippen LogP contribution >= 0.6 is 0 Å². The second kappa shape index (κ2) is 9.21. The van der Waals surface area contributed by atoms with Gasteiger partial charge in [0.1, 0.15) is 11.6 Å². The lowest BCUT2D eigenvalue weighted by Gasteiger charge is -2.35. The Kier molecular flexibility index (Phi) is 6.47. The molecule has 3 rings (SSSR count). The monoisotopic (exact) mass is 382 g/mol. The van der Waals surface area contributed by atoms with E-state index in [1.807, 2.05) is 48.2 Å². The van der Waals surface area contributed by atoms with E-state index in [0.717, 1.165) is 30.0 Å². The zero-order valence-electron chi connectivity index (χ0n) is 16.4. The Morgan fingerprint density at radius 2 is 1.82 bits per heavy atom. The second-order valence-corrected chi connectivity index (χ2v) is 6.86. The molecule has 148 valence electrons. The topological polar surface area (TPSA) is 74.8 Å². The van der Waals surface area contributed by atoms with Gasteiger partial charge >= 0.3 is 0 Å². The van der Waals surface area contributed by atoms with Gasteiger partial charge in [0.05, 0.1) is 0 Å². The summed E-state index contributed by atoms with van der Waals surface area (Å²) in [7, 11) is 0. The maximum atomic E-state index is 12.1. The number of nitrogens with one attached hydrogen (secondary N) is 1. The molecule has 7 heteroatoms. The number of aromatic nitrogens is 1. The van der Waals surface area contributed by atoms with E-state index in [2.05, 4.69) is 15.2 Å². The summed E-state index contributed by atoms with van der Waals surface area (Å²) in [6, 6.07) is 11.4. The van der Waals surface area contributed by atoms with Crippen molar-refractivity contribution in [3.05, 3.63) is 53.7 Å². The molecule has 1 N–H and O–H groups in total. The van der Waals surface area contributed by atoms with Gasteiger partial charge in [-0.25, -0.2) is 4.98 Å². The molecule has 0 aliphatic carbocycles. The fourth-order valence-electron chi connectivity index (χ4n) is 3.11. The van der Waals surface area contributed by atoms with Crippen molar-refractivity contribution in [2.45, 2.75) is 20.4 Å². The highest BCUT2D eigenvalue weighted by Gasteiger charge is 2.21. The molecule has 1 aliphatic heterocycles. The first-order valence-electron chi connectivity index (χ1n) is 9.43. The van der Waals surface area contributed by atoms with Crippen LogP contribution in [0.3, 0.4) is 0 Å². The second-order valence-electron chi connectivity index (χ2n) is 6.86. The van der Waals surface area contributed by atoms with Crippen LogP contribution in [0.1, 0.15) is 18.1 Å². The Balaban J connectivity index is 1.52. The number of ether oxygens (including phenoxy) is 1. The summed E-state index contributed by atoms with van der Waals surface area (Å²) >= 11 is 0. The van der Waals surface area contributed by atoms with Crippen molar-refractivity contribution in [3.8, 4) is 5.75 Å². The number of nitrogens with zero attached hydrogens (tertiary/aromatic N) is 3. The molecule has 2 aromatic rings. The van der Waals surface area contributed by atoms with Crippen LogP contribution in [0.15, 0.2) is 42.6 Å². The lowest BCUT2D eigenvalue weighted by atomic mass is 10.2. The van der Waals surface area contributed by atoms with E-state index in [1.54, 1.807) is 13.1 Å². The molecule has 7 nitrogen and oxygen atoms in total. The van der Waals surface area contributed by atoms with Gasteiger partial charge in [-0.05, 0) is 25.1 Å². The molecule has 1 aromatic heterocycles. The van der Waals surface area contributed by atoms with Crippen LogP contribution in [0.5, 0.6) is 5.75 Å². The number of anilines is 1. The van der Waals surface area contributed by atoms with Crippen LogP contribution in [0.4, 0.5) is 5.82 Å². The van der Waals surface area contributed by atoms with Crippen molar-refractivity contribution in [2.24, 2.45) is 0 Å². The molecule has 1 aliphatic rings. The van der Waals surface area contributed by atoms with Crippen molar-refractivity contribution in [3.63, 3.8) is 0 Å². The molecular weight excluding hydrogens is 356 g/mol. The van der Waals surface area contributed by atoms with Gasteiger partial charge < -0.3 is 19.9 Å². The molecule has 2 heterocycles. The summed E-state index contributed by atoms with van der Waals surface area (Å²) < 4.78 is 5.52. The largest absolute Gasteiger partial charge is 0.484 e. The molecular formula is C21H26N4O3. The van der Waals surface area contributed by atoms with E-state index in [0.29, 0.717) is 25.4 Å². The summed E-state index contributed by atoms with van der Waals surface area (Å²) in [4.78, 5) is 32.1. The SMILES string of the molecule is CC(=O)N1CCN(c2ncccc2CNC(=O)COc2ccc(C)cc2)CC1. The van der Waals surface area contributed by atoms with Crippen LogP contribution in [-0.2, 0) is 16.1 Å². The first-order valence-corrected chi connectivity index (χ1v) is 9.43. The van der Waals surface area contributed by atoms with Gasteiger partial charge in [-0.1, -0.05) is 23.8 Å². The quantitative estimate of drug-likeness (QED) is 0.824. The van der Waals surface area contributed by atoms with Gasteiger partial charge in [0.2, 0.25) is 5.91 Å². The van der Waals surface area contributed by atoms with Gasteiger partial charge in [-0.2, -0.15) is 0 Å². The van der Waals surface area contributed by atoms with Gasteiger partial charge in [-0.3, -0.25) is 9.59 Å².